The standard InChI is InChI=1S/C37H44FN6O6.Pb/c1-7-24(15-45)26-11-32-36-27(14-44(32)37(48)28(26)17-49-6)35-30(9-8-25-23(5)29(38)12-31(43-36)34(25)35)41-22(4)16-50-19-40-20(2)10-21(3)42-33(47)13-39-18-46;/h11-12,15,18,21,24,30,40-41H,2-4,7-10,13-14,16-17,19H2,1,5-6H3,(H,39,46)(H,42,47);. The quantitative estimate of drug-likeness (QED) is 0.0482. The van der Waals surface area contributed by atoms with Crippen molar-refractivity contribution >= 4 is 55.3 Å². The number of benzene rings is 1. The van der Waals surface area contributed by atoms with Gasteiger partial charge in [-0.2, -0.15) is 0 Å². The Morgan fingerprint density at radius 2 is 2.02 bits per heavy atom. The molecular formula is C37H44FN6O6Pb. The summed E-state index contributed by atoms with van der Waals surface area (Å²) >= 11 is 0.886. The third-order valence-electron chi connectivity index (χ3n) is 9.59. The molecule has 1 aliphatic heterocycles. The zero-order valence-electron chi connectivity index (χ0n) is 29.2. The number of pyridine rings is 2. The van der Waals surface area contributed by atoms with Crippen molar-refractivity contribution < 1.29 is 28.2 Å². The Morgan fingerprint density at radius 3 is 2.71 bits per heavy atom. The molecule has 1 aromatic carbocycles. The first kappa shape index (κ1) is 38.3. The molecule has 12 nitrogen and oxygen atoms in total. The number of ether oxygens (including phenoxy) is 2. The third-order valence-corrected chi connectivity index (χ3v) is 11.5. The van der Waals surface area contributed by atoms with Crippen LogP contribution < -0.4 is 26.8 Å². The van der Waals surface area contributed by atoms with E-state index in [4.69, 9.17) is 14.5 Å². The average molecular weight is 895 g/mol. The second kappa shape index (κ2) is 17.0. The molecule has 1 aliphatic carbocycles. The molecule has 0 saturated carbocycles. The van der Waals surface area contributed by atoms with Gasteiger partial charge in [-0.25, -0.2) is 9.37 Å². The molecule has 3 heterocycles. The van der Waals surface area contributed by atoms with Gasteiger partial charge in [0.15, 0.2) is 0 Å². The number of hydrogen-bond donors (Lipinski definition) is 4. The fourth-order valence-corrected chi connectivity index (χ4v) is 8.05. The molecule has 3 unspecified atom stereocenters. The van der Waals surface area contributed by atoms with Gasteiger partial charge in [0.1, 0.15) is 12.1 Å². The molecule has 2 aliphatic rings. The molecule has 0 spiro atoms. The van der Waals surface area contributed by atoms with Crippen LogP contribution in [0.3, 0.4) is 0 Å². The number of methoxy groups -OCH3 is 1. The van der Waals surface area contributed by atoms with Crippen LogP contribution in [0.1, 0.15) is 71.5 Å². The van der Waals surface area contributed by atoms with Gasteiger partial charge in [-0.1, -0.05) is 6.92 Å². The minimum Gasteiger partial charge on any atom is -0.380 e. The van der Waals surface area contributed by atoms with E-state index in [1.165, 1.54) is 13.2 Å². The molecule has 0 saturated heterocycles. The summed E-state index contributed by atoms with van der Waals surface area (Å²) in [7, 11) is 1.52. The molecule has 3 aromatic rings. The van der Waals surface area contributed by atoms with Crippen LogP contribution in [-0.2, 0) is 43.4 Å². The average Bonchev–Trinajstić information content (AvgIpc) is 3.48. The summed E-state index contributed by atoms with van der Waals surface area (Å²) in [5.41, 5.74) is 7.31. The fourth-order valence-electron chi connectivity index (χ4n) is 7.09. The maximum absolute atomic E-state index is 15.3. The summed E-state index contributed by atoms with van der Waals surface area (Å²) in [4.78, 5) is 53.4. The van der Waals surface area contributed by atoms with Gasteiger partial charge in [-0.15, -0.1) is 0 Å². The molecular weight excluding hydrogens is 851 g/mol. The SMILES string of the molecule is C=C(CC([CH2][Pb])NC(=O)CNC=O)NCOCC(=C)NC1CCc2c(C)c(F)cc3nc4c(c1c23)Cn1c-4cc(C(C=O)CC)c(COC)c1=O. The van der Waals surface area contributed by atoms with E-state index in [2.05, 4.69) is 34.4 Å². The summed E-state index contributed by atoms with van der Waals surface area (Å²) in [6.07, 6.45) is 3.71. The Labute approximate surface area is 312 Å². The first-order chi connectivity index (χ1) is 24.6. The van der Waals surface area contributed by atoms with Gasteiger partial charge in [0.05, 0.1) is 30.1 Å². The van der Waals surface area contributed by atoms with Crippen LogP contribution in [-0.4, -0.2) is 87.0 Å². The van der Waals surface area contributed by atoms with Crippen molar-refractivity contribution in [3.05, 3.63) is 86.2 Å². The van der Waals surface area contributed by atoms with Crippen molar-refractivity contribution in [1.29, 1.82) is 0 Å². The van der Waals surface area contributed by atoms with Crippen molar-refractivity contribution in [3.8, 4) is 11.4 Å². The Balaban J connectivity index is 1.36. The molecule has 2 aromatic heterocycles. The Bertz CT molecular complexity index is 1930. The second-order valence-corrected chi connectivity index (χ2v) is 14.5. The van der Waals surface area contributed by atoms with Crippen molar-refractivity contribution in [1.82, 2.24) is 30.8 Å². The van der Waals surface area contributed by atoms with E-state index in [0.29, 0.717) is 77.1 Å². The number of nitrogens with zero attached hydrogens (tertiary/aromatic N) is 2. The minimum absolute atomic E-state index is 0.0704. The minimum atomic E-state index is -0.472. The number of carbonyl (C=O) groups excluding carboxylic acids is 3. The monoisotopic (exact) mass is 895 g/mol. The summed E-state index contributed by atoms with van der Waals surface area (Å²) < 4.78 is 29.0. The van der Waals surface area contributed by atoms with E-state index in [0.717, 1.165) is 58.1 Å². The molecule has 0 bridgehead atoms. The molecule has 3 atom stereocenters. The van der Waals surface area contributed by atoms with E-state index in [-0.39, 0.29) is 62.4 Å². The number of hydrogen-bond acceptors (Lipinski definition) is 9. The van der Waals surface area contributed by atoms with Gasteiger partial charge >= 0.3 is 153 Å². The fraction of sp³-hybridized carbons (Fsp3) is 0.432. The van der Waals surface area contributed by atoms with Gasteiger partial charge < -0.3 is 14.1 Å². The molecule has 4 N–H and O–H groups in total. The van der Waals surface area contributed by atoms with Crippen LogP contribution in [0.5, 0.6) is 0 Å². The number of aromatic nitrogens is 2. The maximum atomic E-state index is 15.3. The predicted molar refractivity (Wildman–Crippen MR) is 193 cm³/mol. The van der Waals surface area contributed by atoms with E-state index >= 15 is 4.39 Å². The van der Waals surface area contributed by atoms with E-state index in [1.54, 1.807) is 11.5 Å². The van der Waals surface area contributed by atoms with Crippen LogP contribution in [0.25, 0.3) is 22.3 Å². The second-order valence-electron chi connectivity index (χ2n) is 12.9. The molecule has 0 fully saturated rings. The van der Waals surface area contributed by atoms with Crippen LogP contribution in [0.4, 0.5) is 4.39 Å². The van der Waals surface area contributed by atoms with Crippen molar-refractivity contribution in [2.45, 2.75) is 74.7 Å². The molecule has 2 amide bonds. The number of nitrogens with one attached hydrogen (secondary N) is 4. The first-order valence-electron chi connectivity index (χ1n) is 17.0. The molecule has 51 heavy (non-hydrogen) atoms. The van der Waals surface area contributed by atoms with E-state index in [1.807, 2.05) is 13.0 Å². The van der Waals surface area contributed by atoms with Crippen molar-refractivity contribution in [3.63, 3.8) is 0 Å². The predicted octanol–water partition coefficient (Wildman–Crippen LogP) is 3.09. The van der Waals surface area contributed by atoms with Gasteiger partial charge in [0.25, 0.3) is 5.56 Å². The first-order valence-corrected chi connectivity index (χ1v) is 19.7. The van der Waals surface area contributed by atoms with Crippen LogP contribution in [0.15, 0.2) is 41.5 Å². The molecule has 5 rings (SSSR count). The van der Waals surface area contributed by atoms with Crippen LogP contribution in [0, 0.1) is 12.7 Å². The van der Waals surface area contributed by atoms with Gasteiger partial charge in [-0.3, -0.25) is 4.79 Å². The normalized spacial score (nSPS) is 15.4. The van der Waals surface area contributed by atoms with Gasteiger partial charge in [-0.05, 0) is 42.5 Å². The number of aldehydes is 1. The number of amides is 2. The van der Waals surface area contributed by atoms with Crippen LogP contribution >= 0.6 is 0 Å². The smallest absolute Gasteiger partial charge is 0.380 e. The summed E-state index contributed by atoms with van der Waals surface area (Å²) in [6.45, 7) is 12.7. The number of rotatable bonds is 19. The van der Waals surface area contributed by atoms with E-state index < -0.39 is 5.92 Å². The Kier molecular flexibility index (Phi) is 12.8. The zero-order valence-corrected chi connectivity index (χ0v) is 33.1. The van der Waals surface area contributed by atoms with Crippen molar-refractivity contribution in [2.24, 2.45) is 0 Å². The molecule has 269 valence electrons. The van der Waals surface area contributed by atoms with E-state index in [9.17, 15) is 19.2 Å². The van der Waals surface area contributed by atoms with Gasteiger partial charge in [0, 0.05) is 35.6 Å². The Hall–Kier alpha value is -3.96. The molecule has 3 radical (unpaired) electrons. The number of carbonyl (C=O) groups is 3. The number of fused-ring (bicyclic) bond motifs is 4. The summed E-state index contributed by atoms with van der Waals surface area (Å²) in [6, 6.07) is 3.06. The zero-order chi connectivity index (χ0) is 36.8. The number of halogens is 1. The third kappa shape index (κ3) is 8.09. The van der Waals surface area contributed by atoms with Crippen LogP contribution in [0.2, 0.25) is 3.98 Å². The summed E-state index contributed by atoms with van der Waals surface area (Å²) in [5.74, 6) is -1.05. The molecule has 14 heteroatoms. The summed E-state index contributed by atoms with van der Waals surface area (Å²) in [5, 5.41) is 12.9. The Morgan fingerprint density at radius 1 is 1.24 bits per heavy atom. The van der Waals surface area contributed by atoms with Crippen molar-refractivity contribution in [2.75, 3.05) is 27.0 Å². The van der Waals surface area contributed by atoms with Gasteiger partial charge in [0.2, 0.25) is 0 Å². The number of aryl methyl sites for hydroxylation is 1. The topological polar surface area (TPSA) is 153 Å².